The van der Waals surface area contributed by atoms with E-state index >= 15 is 0 Å². The zero-order valence-electron chi connectivity index (χ0n) is 14.9. The van der Waals surface area contributed by atoms with Gasteiger partial charge in [0.2, 0.25) is 0 Å². The maximum atomic E-state index is 13.0. The van der Waals surface area contributed by atoms with Gasteiger partial charge in [-0.05, 0) is 32.3 Å². The van der Waals surface area contributed by atoms with Crippen LogP contribution in [0.25, 0.3) is 0 Å². The number of hydrogen-bond donors (Lipinski definition) is 0. The number of aromatic nitrogens is 1. The van der Waals surface area contributed by atoms with Gasteiger partial charge in [0.1, 0.15) is 11.0 Å². The molecule has 0 bridgehead atoms. The molecule has 0 N–H and O–H groups in total. The molecule has 7 heteroatoms. The van der Waals surface area contributed by atoms with Gasteiger partial charge >= 0.3 is 5.97 Å². The fourth-order valence-corrected chi connectivity index (χ4v) is 3.80. The van der Waals surface area contributed by atoms with Crippen molar-refractivity contribution in [3.8, 4) is 0 Å². The number of benzene rings is 1. The summed E-state index contributed by atoms with van der Waals surface area (Å²) in [5, 5.41) is 0.495. The molecule has 1 amide bonds. The van der Waals surface area contributed by atoms with Gasteiger partial charge in [0.05, 0.1) is 18.8 Å². The Balaban J connectivity index is 1.91. The lowest BCUT2D eigenvalue weighted by Gasteiger charge is -2.23. The minimum atomic E-state index is -0.450. The predicted octanol–water partition coefficient (Wildman–Crippen LogP) is 3.34. The summed E-state index contributed by atoms with van der Waals surface area (Å²) in [6.07, 6.45) is 1.13. The number of aryl methyl sites for hydroxylation is 1. The Hall–Kier alpha value is -2.25. The molecular weight excluding hydrogens is 352 g/mol. The van der Waals surface area contributed by atoms with E-state index in [1.807, 2.05) is 30.3 Å². The Bertz CT molecular complexity index is 769. The quantitative estimate of drug-likeness (QED) is 0.726. The zero-order valence-corrected chi connectivity index (χ0v) is 15.8. The van der Waals surface area contributed by atoms with Gasteiger partial charge in [0.15, 0.2) is 5.13 Å². The van der Waals surface area contributed by atoms with Crippen LogP contribution in [0.5, 0.6) is 0 Å². The van der Waals surface area contributed by atoms with Crippen LogP contribution in [-0.4, -0.2) is 36.2 Å². The Morgan fingerprint density at radius 3 is 2.77 bits per heavy atom. The number of amides is 1. The molecule has 1 atom stereocenters. The van der Waals surface area contributed by atoms with Crippen LogP contribution in [0.15, 0.2) is 30.3 Å². The third-order valence-electron chi connectivity index (χ3n) is 4.13. The molecular formula is C19H22N2O4S. The Morgan fingerprint density at radius 2 is 2.12 bits per heavy atom. The maximum absolute atomic E-state index is 13.0. The highest BCUT2D eigenvalue weighted by atomic mass is 32.1. The van der Waals surface area contributed by atoms with Crippen molar-refractivity contribution >= 4 is 28.3 Å². The lowest BCUT2D eigenvalue weighted by atomic mass is 10.2. The number of carbonyl (C=O) groups is 2. The lowest BCUT2D eigenvalue weighted by molar-refractivity contribution is -0.127. The minimum Gasteiger partial charge on any atom is -0.462 e. The number of carbonyl (C=O) groups excluding carboxylic acids is 2. The van der Waals surface area contributed by atoms with E-state index in [0.29, 0.717) is 41.9 Å². The summed E-state index contributed by atoms with van der Waals surface area (Å²) >= 11 is 1.19. The van der Waals surface area contributed by atoms with Crippen LogP contribution in [0, 0.1) is 6.92 Å². The molecule has 0 radical (unpaired) electrons. The standard InChI is InChI=1S/C19H22N2O4S/c1-3-24-18(23)16-13(2)20-19(26-16)21(12-14-8-5-4-6-9-14)17(22)15-10-7-11-25-15/h4-6,8-9,15H,3,7,10-12H2,1-2H3. The smallest absolute Gasteiger partial charge is 0.350 e. The molecule has 1 saturated heterocycles. The first-order chi connectivity index (χ1) is 12.6. The molecule has 0 spiro atoms. The van der Waals surface area contributed by atoms with Gasteiger partial charge < -0.3 is 9.47 Å². The minimum absolute atomic E-state index is 0.115. The van der Waals surface area contributed by atoms with Crippen molar-refractivity contribution < 1.29 is 19.1 Å². The van der Waals surface area contributed by atoms with Crippen molar-refractivity contribution in [3.63, 3.8) is 0 Å². The first-order valence-electron chi connectivity index (χ1n) is 8.71. The Morgan fingerprint density at radius 1 is 1.35 bits per heavy atom. The molecule has 1 aromatic carbocycles. The summed E-state index contributed by atoms with van der Waals surface area (Å²) in [7, 11) is 0. The first-order valence-corrected chi connectivity index (χ1v) is 9.53. The van der Waals surface area contributed by atoms with Gasteiger partial charge in [-0.15, -0.1) is 0 Å². The molecule has 1 aliphatic rings. The van der Waals surface area contributed by atoms with Crippen LogP contribution in [0.3, 0.4) is 0 Å². The highest BCUT2D eigenvalue weighted by Crippen LogP contribution is 2.30. The van der Waals surface area contributed by atoms with Crippen LogP contribution in [0.4, 0.5) is 5.13 Å². The molecule has 1 unspecified atom stereocenters. The molecule has 0 saturated carbocycles. The van der Waals surface area contributed by atoms with Crippen molar-refractivity contribution in [2.24, 2.45) is 0 Å². The second kappa shape index (κ2) is 8.42. The fraction of sp³-hybridized carbons (Fsp3) is 0.421. The number of nitrogens with zero attached hydrogens (tertiary/aromatic N) is 2. The number of ether oxygens (including phenoxy) is 2. The zero-order chi connectivity index (χ0) is 18.5. The van der Waals surface area contributed by atoms with Gasteiger partial charge in [0.25, 0.3) is 5.91 Å². The van der Waals surface area contributed by atoms with Gasteiger partial charge in [-0.1, -0.05) is 41.7 Å². The van der Waals surface area contributed by atoms with E-state index in [-0.39, 0.29) is 5.91 Å². The maximum Gasteiger partial charge on any atom is 0.350 e. The Labute approximate surface area is 156 Å². The van der Waals surface area contributed by atoms with Crippen LogP contribution >= 0.6 is 11.3 Å². The van der Waals surface area contributed by atoms with E-state index in [2.05, 4.69) is 4.98 Å². The average Bonchev–Trinajstić information content (AvgIpc) is 3.30. The predicted molar refractivity (Wildman–Crippen MR) is 99.4 cm³/mol. The van der Waals surface area contributed by atoms with E-state index in [4.69, 9.17) is 9.47 Å². The van der Waals surface area contributed by atoms with Crippen LogP contribution in [-0.2, 0) is 20.8 Å². The molecule has 1 aliphatic heterocycles. The van der Waals surface area contributed by atoms with E-state index in [9.17, 15) is 9.59 Å². The van der Waals surface area contributed by atoms with Crippen molar-refractivity contribution in [1.29, 1.82) is 0 Å². The third kappa shape index (κ3) is 4.11. The van der Waals surface area contributed by atoms with Crippen molar-refractivity contribution in [1.82, 2.24) is 4.98 Å². The second-order valence-electron chi connectivity index (χ2n) is 6.04. The van der Waals surface area contributed by atoms with Gasteiger partial charge in [0, 0.05) is 6.61 Å². The summed E-state index contributed by atoms with van der Waals surface area (Å²) in [6.45, 7) is 4.80. The number of hydrogen-bond acceptors (Lipinski definition) is 6. The molecule has 26 heavy (non-hydrogen) atoms. The number of rotatable bonds is 6. The lowest BCUT2D eigenvalue weighted by Crippen LogP contribution is -2.38. The van der Waals surface area contributed by atoms with Crippen molar-refractivity contribution in [3.05, 3.63) is 46.5 Å². The molecule has 1 fully saturated rings. The van der Waals surface area contributed by atoms with E-state index in [1.54, 1.807) is 18.7 Å². The monoisotopic (exact) mass is 374 g/mol. The Kier molecular flexibility index (Phi) is 6.00. The van der Waals surface area contributed by atoms with Crippen LogP contribution in [0.1, 0.15) is 40.7 Å². The van der Waals surface area contributed by atoms with Crippen LogP contribution in [0.2, 0.25) is 0 Å². The summed E-state index contributed by atoms with van der Waals surface area (Å²) in [5.74, 6) is -0.520. The number of anilines is 1. The normalized spacial score (nSPS) is 16.5. The van der Waals surface area contributed by atoms with Gasteiger partial charge in [-0.3, -0.25) is 9.69 Å². The number of thiazole rings is 1. The molecule has 1 aromatic heterocycles. The molecule has 6 nitrogen and oxygen atoms in total. The average molecular weight is 374 g/mol. The summed E-state index contributed by atoms with van der Waals surface area (Å²) < 4.78 is 10.7. The van der Waals surface area contributed by atoms with Crippen molar-refractivity contribution in [2.45, 2.75) is 39.3 Å². The van der Waals surface area contributed by atoms with Crippen LogP contribution < -0.4 is 4.90 Å². The van der Waals surface area contributed by atoms with Gasteiger partial charge in [-0.2, -0.15) is 0 Å². The fourth-order valence-electron chi connectivity index (χ4n) is 2.84. The molecule has 2 heterocycles. The van der Waals surface area contributed by atoms with Gasteiger partial charge in [-0.25, -0.2) is 9.78 Å². The summed E-state index contributed by atoms with van der Waals surface area (Å²) in [5.41, 5.74) is 1.56. The number of esters is 1. The SMILES string of the molecule is CCOC(=O)c1sc(N(Cc2ccccc2)C(=O)C2CCCO2)nc1C. The summed E-state index contributed by atoms with van der Waals surface area (Å²) in [4.78, 5) is 31.6. The molecule has 3 rings (SSSR count). The largest absolute Gasteiger partial charge is 0.462 e. The third-order valence-corrected chi connectivity index (χ3v) is 5.29. The highest BCUT2D eigenvalue weighted by molar-refractivity contribution is 7.17. The first kappa shape index (κ1) is 18.5. The second-order valence-corrected chi connectivity index (χ2v) is 7.02. The van der Waals surface area contributed by atoms with E-state index in [0.717, 1.165) is 12.0 Å². The summed E-state index contributed by atoms with van der Waals surface area (Å²) in [6, 6.07) is 9.72. The van der Waals surface area contributed by atoms with Crippen molar-refractivity contribution in [2.75, 3.05) is 18.1 Å². The van der Waals surface area contributed by atoms with E-state index in [1.165, 1.54) is 11.3 Å². The topological polar surface area (TPSA) is 68.7 Å². The highest BCUT2D eigenvalue weighted by Gasteiger charge is 2.31. The molecule has 138 valence electrons. The van der Waals surface area contributed by atoms with E-state index < -0.39 is 12.1 Å². The molecule has 2 aromatic rings. The molecule has 0 aliphatic carbocycles.